The molecule has 0 bridgehead atoms. The number of amides is 1. The summed E-state index contributed by atoms with van der Waals surface area (Å²) in [7, 11) is -3.70. The lowest BCUT2D eigenvalue weighted by Gasteiger charge is -2.23. The van der Waals surface area contributed by atoms with E-state index >= 15 is 0 Å². The number of hydrogen-bond donors (Lipinski definition) is 1. The molecule has 0 aliphatic heterocycles. The average Bonchev–Trinajstić information content (AvgIpc) is 2.67. The predicted octanol–water partition coefficient (Wildman–Crippen LogP) is 2.72. The molecule has 1 amide bonds. The molecule has 0 fully saturated rings. The van der Waals surface area contributed by atoms with E-state index in [1.165, 1.54) is 6.21 Å². The Balaban J connectivity index is 2.10. The standard InChI is InChI=1S/C19H23N3O4S2/c1-4-26-18-8-6-5-7-17(18)22(28(3,24)25)14-19(23)21-20-13-15-9-11-16(27-2)12-10-15/h5-13H,4,14H2,1-3H3,(H,21,23)/b20-13-. The molecule has 0 saturated carbocycles. The molecule has 0 unspecified atom stereocenters. The normalized spacial score (nSPS) is 11.4. The highest BCUT2D eigenvalue weighted by Crippen LogP contribution is 2.29. The SMILES string of the molecule is CCOc1ccccc1N(CC(=O)N/N=C\c1ccc(SC)cc1)S(C)(=O)=O. The van der Waals surface area contributed by atoms with Crippen LogP contribution in [0, 0.1) is 0 Å². The first-order valence-corrected chi connectivity index (χ1v) is 11.6. The smallest absolute Gasteiger partial charge is 0.260 e. The molecule has 1 N–H and O–H groups in total. The number of carbonyl (C=O) groups excluding carboxylic acids is 1. The fourth-order valence-electron chi connectivity index (χ4n) is 2.36. The first kappa shape index (κ1) is 21.8. The van der Waals surface area contributed by atoms with Crippen LogP contribution >= 0.6 is 11.8 Å². The Bertz CT molecular complexity index is 928. The van der Waals surface area contributed by atoms with E-state index in [1.807, 2.05) is 30.5 Å². The Kier molecular flexibility index (Phi) is 7.89. The number of sulfonamides is 1. The van der Waals surface area contributed by atoms with Crippen molar-refractivity contribution in [3.63, 3.8) is 0 Å². The fourth-order valence-corrected chi connectivity index (χ4v) is 3.62. The van der Waals surface area contributed by atoms with Crippen molar-refractivity contribution >= 4 is 39.6 Å². The zero-order chi connectivity index (χ0) is 20.6. The van der Waals surface area contributed by atoms with Gasteiger partial charge in [0.25, 0.3) is 5.91 Å². The van der Waals surface area contributed by atoms with Crippen molar-refractivity contribution in [2.75, 3.05) is 30.0 Å². The second-order valence-electron chi connectivity index (χ2n) is 5.74. The summed E-state index contributed by atoms with van der Waals surface area (Å²) in [5, 5.41) is 3.90. The molecule has 2 aromatic carbocycles. The van der Waals surface area contributed by atoms with Crippen LogP contribution in [0.2, 0.25) is 0 Å². The maximum absolute atomic E-state index is 12.3. The van der Waals surface area contributed by atoms with Gasteiger partial charge < -0.3 is 4.74 Å². The molecule has 0 heterocycles. The van der Waals surface area contributed by atoms with Gasteiger partial charge in [0.15, 0.2) is 0 Å². The monoisotopic (exact) mass is 421 g/mol. The summed E-state index contributed by atoms with van der Waals surface area (Å²) in [6.07, 6.45) is 4.53. The molecule has 0 aromatic heterocycles. The van der Waals surface area contributed by atoms with Gasteiger partial charge in [-0.05, 0) is 43.0 Å². The Labute approximate surface area is 169 Å². The van der Waals surface area contributed by atoms with Crippen LogP contribution in [0.25, 0.3) is 0 Å². The average molecular weight is 422 g/mol. The van der Waals surface area contributed by atoms with E-state index < -0.39 is 22.5 Å². The molecule has 0 spiro atoms. The summed E-state index contributed by atoms with van der Waals surface area (Å²) in [5.74, 6) is -0.172. The largest absolute Gasteiger partial charge is 0.492 e. The number of benzene rings is 2. The van der Waals surface area contributed by atoms with Gasteiger partial charge in [-0.2, -0.15) is 5.10 Å². The van der Waals surface area contributed by atoms with E-state index in [0.29, 0.717) is 18.0 Å². The van der Waals surface area contributed by atoms with Gasteiger partial charge in [-0.1, -0.05) is 24.3 Å². The molecule has 150 valence electrons. The number of nitrogens with zero attached hydrogens (tertiary/aromatic N) is 2. The molecule has 0 aliphatic rings. The van der Waals surface area contributed by atoms with Crippen LogP contribution in [-0.2, 0) is 14.8 Å². The Morgan fingerprint density at radius 1 is 1.21 bits per heavy atom. The van der Waals surface area contributed by atoms with Gasteiger partial charge in [0.2, 0.25) is 10.0 Å². The molecule has 28 heavy (non-hydrogen) atoms. The van der Waals surface area contributed by atoms with Crippen molar-refractivity contribution < 1.29 is 17.9 Å². The van der Waals surface area contributed by atoms with Gasteiger partial charge in [-0.25, -0.2) is 13.8 Å². The zero-order valence-corrected chi connectivity index (χ0v) is 17.6. The summed E-state index contributed by atoms with van der Waals surface area (Å²) in [6.45, 7) is 1.76. The van der Waals surface area contributed by atoms with Crippen LogP contribution in [0.15, 0.2) is 58.5 Å². The van der Waals surface area contributed by atoms with Gasteiger partial charge in [0, 0.05) is 4.90 Å². The summed E-state index contributed by atoms with van der Waals surface area (Å²) in [4.78, 5) is 13.4. The van der Waals surface area contributed by atoms with Crippen LogP contribution in [0.5, 0.6) is 5.75 Å². The highest BCUT2D eigenvalue weighted by atomic mass is 32.2. The number of hydrazone groups is 1. The lowest BCUT2D eigenvalue weighted by molar-refractivity contribution is -0.119. The second kappa shape index (κ2) is 10.1. The highest BCUT2D eigenvalue weighted by molar-refractivity contribution is 7.98. The van der Waals surface area contributed by atoms with E-state index in [1.54, 1.807) is 43.0 Å². The molecule has 0 aliphatic carbocycles. The molecule has 0 atom stereocenters. The van der Waals surface area contributed by atoms with Crippen LogP contribution in [-0.4, -0.2) is 46.2 Å². The van der Waals surface area contributed by atoms with Crippen molar-refractivity contribution in [2.24, 2.45) is 5.10 Å². The van der Waals surface area contributed by atoms with E-state index in [9.17, 15) is 13.2 Å². The molecular formula is C19H23N3O4S2. The number of thioether (sulfide) groups is 1. The maximum Gasteiger partial charge on any atom is 0.260 e. The van der Waals surface area contributed by atoms with Crippen molar-refractivity contribution in [3.8, 4) is 5.75 Å². The topological polar surface area (TPSA) is 88.1 Å². The maximum atomic E-state index is 12.3. The Morgan fingerprint density at radius 2 is 1.89 bits per heavy atom. The van der Waals surface area contributed by atoms with Gasteiger partial charge >= 0.3 is 0 Å². The number of anilines is 1. The molecule has 2 rings (SSSR count). The quantitative estimate of drug-likeness (QED) is 0.382. The van der Waals surface area contributed by atoms with Crippen LogP contribution in [0.1, 0.15) is 12.5 Å². The van der Waals surface area contributed by atoms with Crippen LogP contribution < -0.4 is 14.5 Å². The summed E-state index contributed by atoms with van der Waals surface area (Å²) >= 11 is 1.63. The molecule has 0 saturated heterocycles. The van der Waals surface area contributed by atoms with E-state index in [0.717, 1.165) is 21.0 Å². The van der Waals surface area contributed by atoms with E-state index in [-0.39, 0.29) is 0 Å². The van der Waals surface area contributed by atoms with Gasteiger partial charge in [-0.15, -0.1) is 11.8 Å². The minimum atomic E-state index is -3.70. The van der Waals surface area contributed by atoms with Gasteiger partial charge in [0.1, 0.15) is 12.3 Å². The zero-order valence-electron chi connectivity index (χ0n) is 16.0. The summed E-state index contributed by atoms with van der Waals surface area (Å²) in [5.41, 5.74) is 3.49. The third-order valence-corrected chi connectivity index (χ3v) is 5.51. The van der Waals surface area contributed by atoms with E-state index in [4.69, 9.17) is 4.74 Å². The number of ether oxygens (including phenoxy) is 1. The lowest BCUT2D eigenvalue weighted by atomic mass is 10.2. The molecule has 9 heteroatoms. The van der Waals surface area contributed by atoms with Crippen molar-refractivity contribution in [1.29, 1.82) is 0 Å². The second-order valence-corrected chi connectivity index (χ2v) is 8.52. The number of hydrogen-bond acceptors (Lipinski definition) is 6. The number of para-hydroxylation sites is 2. The van der Waals surface area contributed by atoms with Crippen molar-refractivity contribution in [1.82, 2.24) is 5.43 Å². The Hall–Kier alpha value is -2.52. The number of nitrogens with one attached hydrogen (secondary N) is 1. The molecule has 2 aromatic rings. The molecular weight excluding hydrogens is 398 g/mol. The summed E-state index contributed by atoms with van der Waals surface area (Å²) < 4.78 is 30.9. The first-order valence-electron chi connectivity index (χ1n) is 8.50. The molecule has 0 radical (unpaired) electrons. The van der Waals surface area contributed by atoms with Crippen molar-refractivity contribution in [3.05, 3.63) is 54.1 Å². The van der Waals surface area contributed by atoms with Gasteiger partial charge in [-0.3, -0.25) is 9.10 Å². The summed E-state index contributed by atoms with van der Waals surface area (Å²) in [6, 6.07) is 14.3. The first-order chi connectivity index (χ1) is 13.3. The Morgan fingerprint density at radius 3 is 2.50 bits per heavy atom. The minimum Gasteiger partial charge on any atom is -0.492 e. The third-order valence-electron chi connectivity index (χ3n) is 3.64. The minimum absolute atomic E-state index is 0.304. The van der Waals surface area contributed by atoms with Crippen molar-refractivity contribution in [2.45, 2.75) is 11.8 Å². The number of rotatable bonds is 9. The highest BCUT2D eigenvalue weighted by Gasteiger charge is 2.23. The van der Waals surface area contributed by atoms with Crippen LogP contribution in [0.4, 0.5) is 5.69 Å². The van der Waals surface area contributed by atoms with Crippen LogP contribution in [0.3, 0.4) is 0 Å². The van der Waals surface area contributed by atoms with E-state index in [2.05, 4.69) is 10.5 Å². The predicted molar refractivity (Wildman–Crippen MR) is 114 cm³/mol. The fraction of sp³-hybridized carbons (Fsp3) is 0.263. The van der Waals surface area contributed by atoms with Gasteiger partial charge in [0.05, 0.1) is 24.8 Å². The lowest BCUT2D eigenvalue weighted by Crippen LogP contribution is -2.39. The third kappa shape index (κ3) is 6.28. The number of carbonyl (C=O) groups is 1. The molecule has 7 nitrogen and oxygen atoms in total.